The molecule has 23 heavy (non-hydrogen) atoms. The highest BCUT2D eigenvalue weighted by Gasteiger charge is 2.56. The van der Waals surface area contributed by atoms with Crippen molar-refractivity contribution < 1.29 is 14.3 Å². The topological polar surface area (TPSA) is 43.4 Å². The Morgan fingerprint density at radius 3 is 2.17 bits per heavy atom. The second-order valence-electron chi connectivity index (χ2n) is 7.62. The highest BCUT2D eigenvalue weighted by atomic mass is 16.6. The van der Waals surface area contributed by atoms with Gasteiger partial charge in [0.25, 0.3) is 0 Å². The molecule has 1 saturated heterocycles. The predicted molar refractivity (Wildman–Crippen MR) is 87.5 cm³/mol. The van der Waals surface area contributed by atoms with Crippen molar-refractivity contribution in [3.8, 4) is 0 Å². The number of carbonyl (C=O) groups is 2. The van der Waals surface area contributed by atoms with Gasteiger partial charge >= 0.3 is 5.97 Å². The van der Waals surface area contributed by atoms with Crippen molar-refractivity contribution in [3.05, 3.63) is 34.4 Å². The van der Waals surface area contributed by atoms with Crippen LogP contribution in [0.3, 0.4) is 0 Å². The number of benzene rings is 1. The zero-order chi connectivity index (χ0) is 16.2. The largest absolute Gasteiger partial charge is 0.450 e. The van der Waals surface area contributed by atoms with Gasteiger partial charge in [0.2, 0.25) is 0 Å². The molecule has 2 aliphatic carbocycles. The Morgan fingerprint density at radius 1 is 1.00 bits per heavy atom. The summed E-state index contributed by atoms with van der Waals surface area (Å²) in [5, 5.41) is 0. The van der Waals surface area contributed by atoms with E-state index in [1.165, 1.54) is 18.4 Å². The van der Waals surface area contributed by atoms with Gasteiger partial charge < -0.3 is 4.74 Å². The zero-order valence-corrected chi connectivity index (χ0v) is 14.0. The third-order valence-corrected chi connectivity index (χ3v) is 5.86. The number of aryl methyl sites for hydroxylation is 2. The molecule has 0 N–H and O–H groups in total. The average molecular weight is 312 g/mol. The molecule has 1 aliphatic heterocycles. The van der Waals surface area contributed by atoms with Gasteiger partial charge in [-0.2, -0.15) is 0 Å². The fourth-order valence-corrected chi connectivity index (χ4v) is 4.51. The lowest BCUT2D eigenvalue weighted by atomic mass is 9.76. The highest BCUT2D eigenvalue weighted by Crippen LogP contribution is 2.46. The molecule has 4 rings (SSSR count). The summed E-state index contributed by atoms with van der Waals surface area (Å²) in [5.74, 6) is -0.353. The third-order valence-electron chi connectivity index (χ3n) is 5.86. The lowest BCUT2D eigenvalue weighted by Gasteiger charge is -2.30. The Labute approximate surface area is 137 Å². The Bertz CT molecular complexity index is 655. The maximum Gasteiger partial charge on any atom is 0.322 e. The van der Waals surface area contributed by atoms with Gasteiger partial charge in [0.05, 0.1) is 0 Å². The van der Waals surface area contributed by atoms with Crippen LogP contribution in [0.4, 0.5) is 0 Å². The smallest absolute Gasteiger partial charge is 0.322 e. The molecule has 1 unspecified atom stereocenters. The van der Waals surface area contributed by atoms with Crippen LogP contribution in [0.2, 0.25) is 0 Å². The molecule has 2 saturated carbocycles. The first-order valence-electron chi connectivity index (χ1n) is 8.90. The fourth-order valence-electron chi connectivity index (χ4n) is 4.51. The van der Waals surface area contributed by atoms with E-state index in [1.807, 2.05) is 13.8 Å². The average Bonchev–Trinajstić information content (AvgIpc) is 3.32. The quantitative estimate of drug-likeness (QED) is 0.610. The molecule has 3 fully saturated rings. The van der Waals surface area contributed by atoms with Crippen LogP contribution in [0.15, 0.2) is 12.1 Å². The van der Waals surface area contributed by atoms with Gasteiger partial charge in [-0.05, 0) is 80.5 Å². The molecule has 1 heterocycles. The first kappa shape index (κ1) is 14.9. The van der Waals surface area contributed by atoms with E-state index in [9.17, 15) is 9.59 Å². The van der Waals surface area contributed by atoms with E-state index in [0.717, 1.165) is 36.0 Å². The van der Waals surface area contributed by atoms with Crippen molar-refractivity contribution in [2.24, 2.45) is 0 Å². The molecular formula is C20H24O3. The van der Waals surface area contributed by atoms with Crippen molar-refractivity contribution in [2.75, 3.05) is 0 Å². The van der Waals surface area contributed by atoms with Crippen molar-refractivity contribution in [2.45, 2.75) is 76.2 Å². The van der Waals surface area contributed by atoms with Gasteiger partial charge in [-0.15, -0.1) is 0 Å². The van der Waals surface area contributed by atoms with E-state index in [1.54, 1.807) is 0 Å². The number of Topliss-reactive ketones (excluding diaryl/α,β-unsaturated/α-hetero) is 1. The van der Waals surface area contributed by atoms with E-state index < -0.39 is 11.5 Å². The Balaban J connectivity index is 1.72. The second-order valence-corrected chi connectivity index (χ2v) is 7.62. The van der Waals surface area contributed by atoms with Crippen molar-refractivity contribution >= 4 is 11.8 Å². The predicted octanol–water partition coefficient (Wildman–Crippen LogP) is 4.09. The van der Waals surface area contributed by atoms with Crippen LogP contribution in [0.1, 0.15) is 79.0 Å². The first-order chi connectivity index (χ1) is 11.0. The summed E-state index contributed by atoms with van der Waals surface area (Å²) in [6, 6.07) is 4.35. The van der Waals surface area contributed by atoms with E-state index in [4.69, 9.17) is 4.74 Å². The number of ether oxygens (including phenoxy) is 1. The van der Waals surface area contributed by atoms with Gasteiger partial charge in [0.1, 0.15) is 5.92 Å². The molecule has 1 spiro atoms. The van der Waals surface area contributed by atoms with Crippen LogP contribution in [0.25, 0.3) is 0 Å². The number of rotatable bonds is 2. The van der Waals surface area contributed by atoms with E-state index >= 15 is 0 Å². The lowest BCUT2D eigenvalue weighted by Crippen LogP contribution is -2.39. The molecule has 0 amide bonds. The van der Waals surface area contributed by atoms with Crippen LogP contribution in [-0.2, 0) is 14.3 Å². The Kier molecular flexibility index (Phi) is 3.36. The number of ketones is 1. The fraction of sp³-hybridized carbons (Fsp3) is 0.600. The van der Waals surface area contributed by atoms with E-state index in [-0.39, 0.29) is 11.8 Å². The van der Waals surface area contributed by atoms with Crippen LogP contribution in [0, 0.1) is 13.8 Å². The summed E-state index contributed by atoms with van der Waals surface area (Å²) in [6.45, 7) is 4.06. The van der Waals surface area contributed by atoms with E-state index in [0.29, 0.717) is 18.8 Å². The minimum Gasteiger partial charge on any atom is -0.450 e. The summed E-state index contributed by atoms with van der Waals surface area (Å²) >= 11 is 0. The molecular weight excluding hydrogens is 288 g/mol. The van der Waals surface area contributed by atoms with Crippen LogP contribution in [-0.4, -0.2) is 17.4 Å². The highest BCUT2D eigenvalue weighted by molar-refractivity contribution is 6.14. The molecule has 3 nitrogen and oxygen atoms in total. The molecule has 3 heteroatoms. The van der Waals surface area contributed by atoms with Crippen LogP contribution < -0.4 is 0 Å². The van der Waals surface area contributed by atoms with Gasteiger partial charge in [-0.25, -0.2) is 0 Å². The summed E-state index contributed by atoms with van der Waals surface area (Å²) in [4.78, 5) is 25.6. The molecule has 122 valence electrons. The molecule has 1 aromatic rings. The minimum atomic E-state index is -0.825. The molecule has 1 aromatic carbocycles. The maximum atomic E-state index is 13.1. The monoisotopic (exact) mass is 312 g/mol. The summed E-state index contributed by atoms with van der Waals surface area (Å²) < 4.78 is 5.68. The maximum absolute atomic E-state index is 13.1. The SMILES string of the molecule is Cc1cc(C2CC2)cc(C)c1C1C(=O)OC2(CCCCC2)C1=O. The van der Waals surface area contributed by atoms with Crippen molar-refractivity contribution in [1.82, 2.24) is 0 Å². The van der Waals surface area contributed by atoms with Gasteiger partial charge in [-0.1, -0.05) is 18.6 Å². The van der Waals surface area contributed by atoms with Gasteiger partial charge in [-0.3, -0.25) is 9.59 Å². The Hall–Kier alpha value is -1.64. The molecule has 0 aromatic heterocycles. The number of hydrogen-bond acceptors (Lipinski definition) is 3. The summed E-state index contributed by atoms with van der Waals surface area (Å²) in [7, 11) is 0. The van der Waals surface area contributed by atoms with Crippen molar-refractivity contribution in [3.63, 3.8) is 0 Å². The summed E-state index contributed by atoms with van der Waals surface area (Å²) in [5.41, 5.74) is 3.56. The normalized spacial score (nSPS) is 26.6. The standard InChI is InChI=1S/C20H24O3/c1-12-10-15(14-6-7-14)11-13(2)16(12)17-18(21)20(23-19(17)22)8-4-3-5-9-20/h10-11,14,17H,3-9H2,1-2H3. The third kappa shape index (κ3) is 2.32. The van der Waals surface area contributed by atoms with Crippen molar-refractivity contribution in [1.29, 1.82) is 0 Å². The van der Waals surface area contributed by atoms with Gasteiger partial charge in [0, 0.05) is 0 Å². The number of hydrogen-bond donors (Lipinski definition) is 0. The molecule has 1 atom stereocenters. The van der Waals surface area contributed by atoms with Crippen LogP contribution in [0.5, 0.6) is 0 Å². The van der Waals surface area contributed by atoms with Gasteiger partial charge in [0.15, 0.2) is 11.4 Å². The molecule has 3 aliphatic rings. The molecule has 0 bridgehead atoms. The van der Waals surface area contributed by atoms with E-state index in [2.05, 4.69) is 12.1 Å². The van der Waals surface area contributed by atoms with Crippen LogP contribution >= 0.6 is 0 Å². The summed E-state index contributed by atoms with van der Waals surface area (Å²) in [6.07, 6.45) is 7.00. The molecule has 0 radical (unpaired) electrons. The minimum absolute atomic E-state index is 0.00701. The lowest BCUT2D eigenvalue weighted by molar-refractivity contribution is -0.154. The number of esters is 1. The first-order valence-corrected chi connectivity index (χ1v) is 8.90. The number of carbonyl (C=O) groups excluding carboxylic acids is 2. The zero-order valence-electron chi connectivity index (χ0n) is 14.0. The Morgan fingerprint density at radius 2 is 1.61 bits per heavy atom. The second kappa shape index (κ2) is 5.19.